The van der Waals surface area contributed by atoms with Gasteiger partial charge in [0, 0.05) is 16.7 Å². The van der Waals surface area contributed by atoms with E-state index in [9.17, 15) is 0 Å². The molecule has 0 fully saturated rings. The predicted octanol–water partition coefficient (Wildman–Crippen LogP) is 14.1. The van der Waals surface area contributed by atoms with Crippen LogP contribution in [0, 0.1) is 0 Å². The van der Waals surface area contributed by atoms with Gasteiger partial charge in [0.15, 0.2) is 17.5 Å². The first-order valence-electron chi connectivity index (χ1n) is 21.4. The summed E-state index contributed by atoms with van der Waals surface area (Å²) in [5.74, 6) is 1.95. The quantitative estimate of drug-likeness (QED) is 0.178. The minimum absolute atomic E-state index is 0.607. The molecule has 0 saturated heterocycles. The largest absolute Gasteiger partial charge is 0.208 e. The standard InChI is InChI=1S/C59H37N3/c1-2-16-37(17-3-1)38-19-14-20-41(34-38)56-60-57(42-33-32-40-35-39-18-4-5-21-43(39)50(40)36-42)62-58(61-56)49-27-15-31-54-55(49)48-26-10-13-30-53(48)59(54)51-28-11-8-24-46(51)44-22-6-7-23-45(44)47-25-9-12-29-52(47)59/h1-34,36H,35H2. The van der Waals surface area contributed by atoms with E-state index in [1.165, 1.54) is 72.3 Å². The molecule has 0 amide bonds. The third-order valence-corrected chi connectivity index (χ3v) is 13.4. The average molecular weight is 788 g/mol. The Kier molecular flexibility index (Phi) is 7.58. The monoisotopic (exact) mass is 787 g/mol. The maximum absolute atomic E-state index is 5.46. The second-order valence-corrected chi connectivity index (χ2v) is 16.6. The third kappa shape index (κ3) is 5.03. The van der Waals surface area contributed by atoms with E-state index in [0.717, 1.165) is 39.8 Å². The van der Waals surface area contributed by atoms with Gasteiger partial charge in [0.25, 0.3) is 0 Å². The van der Waals surface area contributed by atoms with Crippen molar-refractivity contribution in [3.63, 3.8) is 0 Å². The van der Waals surface area contributed by atoms with E-state index < -0.39 is 5.41 Å². The Hall–Kier alpha value is -8.01. The van der Waals surface area contributed by atoms with Crippen molar-refractivity contribution in [1.29, 1.82) is 0 Å². The fraction of sp³-hybridized carbons (Fsp3) is 0.0339. The van der Waals surface area contributed by atoms with Crippen molar-refractivity contribution < 1.29 is 0 Å². The van der Waals surface area contributed by atoms with E-state index in [0.29, 0.717) is 17.5 Å². The summed E-state index contributed by atoms with van der Waals surface area (Å²) in [6.45, 7) is 0. The molecule has 1 heterocycles. The van der Waals surface area contributed by atoms with E-state index in [2.05, 4.69) is 212 Å². The van der Waals surface area contributed by atoms with Crippen LogP contribution in [0.2, 0.25) is 0 Å². The fourth-order valence-corrected chi connectivity index (χ4v) is 10.8. The molecule has 0 atom stereocenters. The van der Waals surface area contributed by atoms with Gasteiger partial charge < -0.3 is 0 Å². The first kappa shape index (κ1) is 34.8. The van der Waals surface area contributed by atoms with Crippen molar-refractivity contribution in [3.8, 4) is 89.8 Å². The molecule has 3 nitrogen and oxygen atoms in total. The Morgan fingerprint density at radius 1 is 0.274 bits per heavy atom. The maximum atomic E-state index is 5.46. The lowest BCUT2D eigenvalue weighted by Crippen LogP contribution is -2.29. The van der Waals surface area contributed by atoms with Crippen LogP contribution in [0.25, 0.3) is 89.8 Å². The number of rotatable bonds is 4. The Morgan fingerprint density at radius 2 is 0.742 bits per heavy atom. The van der Waals surface area contributed by atoms with Gasteiger partial charge in [-0.2, -0.15) is 0 Å². The Bertz CT molecular complexity index is 3390. The fourth-order valence-electron chi connectivity index (χ4n) is 10.8. The third-order valence-electron chi connectivity index (χ3n) is 13.4. The minimum Gasteiger partial charge on any atom is -0.208 e. The lowest BCUT2D eigenvalue weighted by Gasteiger charge is -2.35. The highest BCUT2D eigenvalue weighted by atomic mass is 15.0. The molecule has 0 N–H and O–H groups in total. The molecule has 1 spiro atoms. The number of nitrogens with zero attached hydrogens (tertiary/aromatic N) is 3. The SMILES string of the molecule is c1ccc(-c2cccc(-c3nc(-c4ccc5c(c4)-c4ccccc4C5)nc(-c4cccc5c4-c4ccccc4C54c5ccccc5-c5ccccc5-c5ccccc54)n3)c2)cc1. The summed E-state index contributed by atoms with van der Waals surface area (Å²) in [7, 11) is 0. The molecular formula is C59H37N3. The number of benzene rings is 9. The molecule has 3 heteroatoms. The van der Waals surface area contributed by atoms with Crippen molar-refractivity contribution in [2.45, 2.75) is 11.8 Å². The van der Waals surface area contributed by atoms with Crippen molar-refractivity contribution >= 4 is 0 Å². The van der Waals surface area contributed by atoms with Crippen molar-refractivity contribution in [2.24, 2.45) is 0 Å². The molecule has 0 bridgehead atoms. The molecule has 0 radical (unpaired) electrons. The summed E-state index contributed by atoms with van der Waals surface area (Å²) in [5.41, 5.74) is 22.1. The molecule has 13 rings (SSSR count). The highest BCUT2D eigenvalue weighted by molar-refractivity contribution is 6.00. The van der Waals surface area contributed by atoms with E-state index in [1.807, 2.05) is 0 Å². The van der Waals surface area contributed by atoms with Gasteiger partial charge in [-0.15, -0.1) is 0 Å². The van der Waals surface area contributed by atoms with Gasteiger partial charge in [-0.05, 0) is 108 Å². The molecule has 0 unspecified atom stereocenters. The highest BCUT2D eigenvalue weighted by Crippen LogP contribution is 2.62. The van der Waals surface area contributed by atoms with E-state index in [-0.39, 0.29) is 0 Å². The normalized spacial score (nSPS) is 13.2. The lowest BCUT2D eigenvalue weighted by atomic mass is 9.66. The zero-order valence-electron chi connectivity index (χ0n) is 33.8. The second-order valence-electron chi connectivity index (χ2n) is 16.6. The van der Waals surface area contributed by atoms with Crippen LogP contribution < -0.4 is 0 Å². The van der Waals surface area contributed by atoms with Crippen LogP contribution in [-0.2, 0) is 11.8 Å². The zero-order chi connectivity index (χ0) is 40.8. The highest BCUT2D eigenvalue weighted by Gasteiger charge is 2.50. The number of aromatic nitrogens is 3. The summed E-state index contributed by atoms with van der Waals surface area (Å²) in [4.78, 5) is 16.2. The van der Waals surface area contributed by atoms with Crippen LogP contribution in [0.4, 0.5) is 0 Å². The average Bonchev–Trinajstić information content (AvgIpc) is 3.84. The van der Waals surface area contributed by atoms with Gasteiger partial charge >= 0.3 is 0 Å². The van der Waals surface area contributed by atoms with E-state index in [1.54, 1.807) is 0 Å². The van der Waals surface area contributed by atoms with Crippen LogP contribution in [-0.4, -0.2) is 15.0 Å². The van der Waals surface area contributed by atoms with Crippen molar-refractivity contribution in [2.75, 3.05) is 0 Å². The minimum atomic E-state index is -0.607. The first-order valence-corrected chi connectivity index (χ1v) is 21.4. The summed E-state index contributed by atoms with van der Waals surface area (Å²) >= 11 is 0. The summed E-state index contributed by atoms with van der Waals surface area (Å²) in [6.07, 6.45) is 0.931. The van der Waals surface area contributed by atoms with Gasteiger partial charge in [0.1, 0.15) is 0 Å². The number of hydrogen-bond acceptors (Lipinski definition) is 3. The van der Waals surface area contributed by atoms with Gasteiger partial charge in [0.2, 0.25) is 0 Å². The van der Waals surface area contributed by atoms with Crippen LogP contribution in [0.3, 0.4) is 0 Å². The molecule has 3 aliphatic carbocycles. The molecule has 0 saturated carbocycles. The van der Waals surface area contributed by atoms with Gasteiger partial charge in [-0.25, -0.2) is 15.0 Å². The number of hydrogen-bond donors (Lipinski definition) is 0. The first-order chi connectivity index (χ1) is 30.7. The van der Waals surface area contributed by atoms with E-state index in [4.69, 9.17) is 15.0 Å². The second kappa shape index (κ2) is 13.5. The van der Waals surface area contributed by atoms with Crippen LogP contribution in [0.15, 0.2) is 212 Å². The topological polar surface area (TPSA) is 38.7 Å². The molecule has 0 aliphatic heterocycles. The molecule has 1 aromatic heterocycles. The molecule has 288 valence electrons. The van der Waals surface area contributed by atoms with Gasteiger partial charge in [-0.1, -0.05) is 200 Å². The molecule has 3 aliphatic rings. The summed E-state index contributed by atoms with van der Waals surface area (Å²) in [6, 6.07) is 77.2. The van der Waals surface area contributed by atoms with Gasteiger partial charge in [-0.3, -0.25) is 0 Å². The zero-order valence-corrected chi connectivity index (χ0v) is 33.8. The van der Waals surface area contributed by atoms with Crippen LogP contribution in [0.1, 0.15) is 33.4 Å². The number of fused-ring (bicyclic) bond motifs is 15. The van der Waals surface area contributed by atoms with Crippen LogP contribution in [0.5, 0.6) is 0 Å². The molecule has 9 aromatic carbocycles. The Balaban J connectivity index is 1.08. The molecular weight excluding hydrogens is 751 g/mol. The summed E-state index contributed by atoms with van der Waals surface area (Å²) in [5, 5.41) is 0. The smallest absolute Gasteiger partial charge is 0.164 e. The van der Waals surface area contributed by atoms with E-state index >= 15 is 0 Å². The Morgan fingerprint density at radius 3 is 1.45 bits per heavy atom. The van der Waals surface area contributed by atoms with Crippen molar-refractivity contribution in [3.05, 3.63) is 246 Å². The van der Waals surface area contributed by atoms with Crippen molar-refractivity contribution in [1.82, 2.24) is 15.0 Å². The summed E-state index contributed by atoms with van der Waals surface area (Å²) < 4.78 is 0. The Labute approximate surface area is 360 Å². The molecule has 10 aromatic rings. The maximum Gasteiger partial charge on any atom is 0.164 e. The lowest BCUT2D eigenvalue weighted by molar-refractivity contribution is 0.775. The predicted molar refractivity (Wildman–Crippen MR) is 252 cm³/mol. The van der Waals surface area contributed by atoms with Crippen LogP contribution >= 0.6 is 0 Å². The van der Waals surface area contributed by atoms with Gasteiger partial charge in [0.05, 0.1) is 5.41 Å². The molecule has 62 heavy (non-hydrogen) atoms.